The lowest BCUT2D eigenvalue weighted by molar-refractivity contribution is -0.117. The highest BCUT2D eigenvalue weighted by atomic mass is 32.1. The first-order valence-corrected chi connectivity index (χ1v) is 9.88. The molecule has 1 aromatic carbocycles. The van der Waals surface area contributed by atoms with Gasteiger partial charge in [0.2, 0.25) is 0 Å². The van der Waals surface area contributed by atoms with Crippen molar-refractivity contribution in [2.45, 2.75) is 26.8 Å². The Balaban J connectivity index is 1.88. The van der Waals surface area contributed by atoms with Gasteiger partial charge in [0.15, 0.2) is 5.06 Å². The number of benzene rings is 1. The van der Waals surface area contributed by atoms with Crippen molar-refractivity contribution in [2.75, 3.05) is 6.54 Å². The van der Waals surface area contributed by atoms with Crippen LogP contribution < -0.4 is 21.1 Å². The standard InChI is InChI=1S/C21H26N4O2S/c1-4-13-23-18(5-2)25-20(22)15(3)21(26)24-14-17-11-12-19(28-17)27-16-9-7-6-8-10-16/h5-12,23H,3-4,13-14H2,1-2H3,(H2,22,25)(H,24,26)/b18-5-. The summed E-state index contributed by atoms with van der Waals surface area (Å²) in [7, 11) is 0. The molecule has 1 aromatic heterocycles. The maximum Gasteiger partial charge on any atom is 0.254 e. The van der Waals surface area contributed by atoms with E-state index in [0.29, 0.717) is 12.4 Å². The van der Waals surface area contributed by atoms with Crippen LogP contribution in [0.5, 0.6) is 10.8 Å². The number of rotatable bonds is 10. The van der Waals surface area contributed by atoms with E-state index in [-0.39, 0.29) is 17.3 Å². The Hall–Kier alpha value is -3.06. The maximum atomic E-state index is 12.3. The first-order chi connectivity index (χ1) is 13.5. The fourth-order valence-electron chi connectivity index (χ4n) is 2.16. The van der Waals surface area contributed by atoms with Gasteiger partial charge in [0.25, 0.3) is 5.91 Å². The average Bonchev–Trinajstić information content (AvgIpc) is 3.16. The fourth-order valence-corrected chi connectivity index (χ4v) is 2.97. The van der Waals surface area contributed by atoms with Crippen molar-refractivity contribution in [3.63, 3.8) is 0 Å². The van der Waals surface area contributed by atoms with Crippen molar-refractivity contribution < 1.29 is 9.53 Å². The Morgan fingerprint density at radius 1 is 1.25 bits per heavy atom. The number of ether oxygens (including phenoxy) is 1. The highest BCUT2D eigenvalue weighted by Crippen LogP contribution is 2.29. The molecule has 2 rings (SSSR count). The molecule has 0 unspecified atom stereocenters. The second-order valence-corrected chi connectivity index (χ2v) is 7.03. The minimum Gasteiger partial charge on any atom is -0.447 e. The van der Waals surface area contributed by atoms with E-state index in [2.05, 4.69) is 29.1 Å². The molecule has 0 aliphatic rings. The number of carbonyl (C=O) groups excluding carboxylic acids is 1. The van der Waals surface area contributed by atoms with E-state index in [4.69, 9.17) is 10.5 Å². The minimum absolute atomic E-state index is 0.0912. The molecular formula is C21H26N4O2S. The van der Waals surface area contributed by atoms with Gasteiger partial charge in [0.1, 0.15) is 17.4 Å². The zero-order valence-electron chi connectivity index (χ0n) is 16.2. The Morgan fingerprint density at radius 3 is 2.68 bits per heavy atom. The third-order valence-corrected chi connectivity index (χ3v) is 4.64. The number of amides is 1. The molecule has 0 aliphatic heterocycles. The van der Waals surface area contributed by atoms with E-state index in [1.165, 1.54) is 11.3 Å². The zero-order valence-corrected chi connectivity index (χ0v) is 17.0. The number of allylic oxidation sites excluding steroid dienone is 1. The topological polar surface area (TPSA) is 88.7 Å². The van der Waals surface area contributed by atoms with Gasteiger partial charge in [-0.15, -0.1) is 11.3 Å². The summed E-state index contributed by atoms with van der Waals surface area (Å²) in [5, 5.41) is 6.70. The lowest BCUT2D eigenvalue weighted by Crippen LogP contribution is -2.31. The van der Waals surface area contributed by atoms with Crippen LogP contribution in [0.15, 0.2) is 71.5 Å². The Labute approximate surface area is 169 Å². The summed E-state index contributed by atoms with van der Waals surface area (Å²) in [6.45, 7) is 8.80. The molecule has 0 saturated carbocycles. The molecule has 0 radical (unpaired) electrons. The minimum atomic E-state index is -0.355. The molecule has 7 heteroatoms. The normalized spacial score (nSPS) is 11.8. The van der Waals surface area contributed by atoms with E-state index < -0.39 is 0 Å². The molecule has 0 spiro atoms. The molecule has 148 valence electrons. The van der Waals surface area contributed by atoms with Crippen LogP contribution in [0.2, 0.25) is 0 Å². The van der Waals surface area contributed by atoms with Gasteiger partial charge < -0.3 is 21.1 Å². The molecule has 1 amide bonds. The molecule has 2 aromatic rings. The average molecular weight is 399 g/mol. The van der Waals surface area contributed by atoms with Gasteiger partial charge in [-0.2, -0.15) is 0 Å². The number of carbonyl (C=O) groups is 1. The SMILES string of the molecule is C=C(C(=O)NCc1ccc(Oc2ccccc2)s1)/C(N)=N\C(=C/C)NCCC. The Morgan fingerprint density at radius 2 is 2.00 bits per heavy atom. The van der Waals surface area contributed by atoms with Crippen LogP contribution in [-0.4, -0.2) is 18.3 Å². The Bertz CT molecular complexity index is 856. The summed E-state index contributed by atoms with van der Waals surface area (Å²) >= 11 is 1.47. The van der Waals surface area contributed by atoms with Crippen LogP contribution in [0.4, 0.5) is 0 Å². The van der Waals surface area contributed by atoms with Crippen molar-refractivity contribution in [3.8, 4) is 10.8 Å². The summed E-state index contributed by atoms with van der Waals surface area (Å²) < 4.78 is 5.78. The largest absolute Gasteiger partial charge is 0.447 e. The number of amidine groups is 1. The van der Waals surface area contributed by atoms with Crippen molar-refractivity contribution >= 4 is 23.1 Å². The summed E-state index contributed by atoms with van der Waals surface area (Å²) in [4.78, 5) is 17.5. The fraction of sp³-hybridized carbons (Fsp3) is 0.238. The number of hydrogen-bond acceptors (Lipinski definition) is 5. The van der Waals surface area contributed by atoms with Gasteiger partial charge in [-0.05, 0) is 43.7 Å². The Kier molecular flexibility index (Phi) is 8.30. The lowest BCUT2D eigenvalue weighted by atomic mass is 10.2. The predicted molar refractivity (Wildman–Crippen MR) is 115 cm³/mol. The van der Waals surface area contributed by atoms with Gasteiger partial charge in [-0.1, -0.05) is 31.7 Å². The highest BCUT2D eigenvalue weighted by molar-refractivity contribution is 7.13. The van der Waals surface area contributed by atoms with Gasteiger partial charge in [0.05, 0.1) is 12.1 Å². The van der Waals surface area contributed by atoms with Crippen LogP contribution in [0.1, 0.15) is 25.1 Å². The van der Waals surface area contributed by atoms with Crippen LogP contribution in [-0.2, 0) is 11.3 Å². The summed E-state index contributed by atoms with van der Waals surface area (Å²) in [5.41, 5.74) is 6.05. The van der Waals surface area contributed by atoms with E-state index >= 15 is 0 Å². The predicted octanol–water partition coefficient (Wildman–Crippen LogP) is 3.93. The molecule has 0 bridgehead atoms. The van der Waals surface area contributed by atoms with Crippen LogP contribution >= 0.6 is 11.3 Å². The van der Waals surface area contributed by atoms with Gasteiger partial charge in [0, 0.05) is 11.4 Å². The molecule has 6 nitrogen and oxygen atoms in total. The smallest absolute Gasteiger partial charge is 0.254 e. The molecule has 0 fully saturated rings. The highest BCUT2D eigenvalue weighted by Gasteiger charge is 2.12. The number of nitrogens with one attached hydrogen (secondary N) is 2. The number of nitrogens with two attached hydrogens (primary N) is 1. The van der Waals surface area contributed by atoms with Gasteiger partial charge in [-0.25, -0.2) is 4.99 Å². The van der Waals surface area contributed by atoms with E-state index in [1.54, 1.807) is 6.08 Å². The second-order valence-electron chi connectivity index (χ2n) is 5.89. The van der Waals surface area contributed by atoms with E-state index in [1.807, 2.05) is 49.4 Å². The third-order valence-electron chi connectivity index (χ3n) is 3.68. The number of thiophene rings is 1. The van der Waals surface area contributed by atoms with Crippen LogP contribution in [0.25, 0.3) is 0 Å². The van der Waals surface area contributed by atoms with Gasteiger partial charge in [-0.3, -0.25) is 4.79 Å². The number of nitrogens with zero attached hydrogens (tertiary/aromatic N) is 1. The van der Waals surface area contributed by atoms with Crippen LogP contribution in [0.3, 0.4) is 0 Å². The van der Waals surface area contributed by atoms with Crippen molar-refractivity contribution in [1.82, 2.24) is 10.6 Å². The number of aliphatic imine (C=N–C) groups is 1. The van der Waals surface area contributed by atoms with Crippen LogP contribution in [0, 0.1) is 0 Å². The second kappa shape index (κ2) is 10.9. The van der Waals surface area contributed by atoms with Crippen molar-refractivity contribution in [2.24, 2.45) is 10.7 Å². The summed E-state index contributed by atoms with van der Waals surface area (Å²) in [6, 6.07) is 13.3. The lowest BCUT2D eigenvalue weighted by Gasteiger charge is -2.09. The van der Waals surface area contributed by atoms with Crippen molar-refractivity contribution in [3.05, 3.63) is 71.4 Å². The maximum absolute atomic E-state index is 12.3. The number of hydrogen-bond donors (Lipinski definition) is 3. The monoisotopic (exact) mass is 398 g/mol. The number of para-hydroxylation sites is 1. The van der Waals surface area contributed by atoms with E-state index in [0.717, 1.165) is 28.7 Å². The van der Waals surface area contributed by atoms with Crippen molar-refractivity contribution in [1.29, 1.82) is 0 Å². The molecule has 4 N–H and O–H groups in total. The van der Waals surface area contributed by atoms with E-state index in [9.17, 15) is 4.79 Å². The zero-order chi connectivity index (χ0) is 20.4. The molecule has 28 heavy (non-hydrogen) atoms. The quantitative estimate of drug-likeness (QED) is 0.321. The third kappa shape index (κ3) is 6.59. The molecule has 0 aliphatic carbocycles. The molecule has 1 heterocycles. The molecule has 0 saturated heterocycles. The first kappa shape index (κ1) is 21.2. The molecule has 0 atom stereocenters. The molecular weight excluding hydrogens is 372 g/mol. The van der Waals surface area contributed by atoms with Gasteiger partial charge >= 0.3 is 0 Å². The first-order valence-electron chi connectivity index (χ1n) is 9.07. The summed E-state index contributed by atoms with van der Waals surface area (Å²) in [5.74, 6) is 1.13. The summed E-state index contributed by atoms with van der Waals surface area (Å²) in [6.07, 6.45) is 2.76.